The van der Waals surface area contributed by atoms with Crippen LogP contribution >= 0.6 is 0 Å². The minimum absolute atomic E-state index is 0.212. The lowest BCUT2D eigenvalue weighted by Gasteiger charge is -1.91. The molecule has 1 aliphatic carbocycles. The molecular formula is C8H5FO. The summed E-state index contributed by atoms with van der Waals surface area (Å²) in [6, 6.07) is 4.65. The van der Waals surface area contributed by atoms with Gasteiger partial charge in [-0.15, -0.1) is 0 Å². The number of fused-ring (bicyclic) bond motifs is 1. The molecule has 1 nitrogen and oxygen atoms in total. The molecule has 0 radical (unpaired) electrons. The highest BCUT2D eigenvalue weighted by Gasteiger charge is 2.04. The number of hydrogen-bond acceptors (Lipinski definition) is 1. The lowest BCUT2D eigenvalue weighted by Crippen LogP contribution is -1.67. The highest BCUT2D eigenvalue weighted by molar-refractivity contribution is 5.64. The zero-order chi connectivity index (χ0) is 6.97. The van der Waals surface area contributed by atoms with Crippen LogP contribution in [0.25, 0.3) is 11.1 Å². The molecule has 0 aromatic carbocycles. The second kappa shape index (κ2) is 1.84. The van der Waals surface area contributed by atoms with Crippen LogP contribution in [0.2, 0.25) is 0 Å². The van der Waals surface area contributed by atoms with Crippen LogP contribution in [0.15, 0.2) is 35.1 Å². The molecule has 0 amide bonds. The SMILES string of the molecule is Fc1cc2ccocc-2c1. The van der Waals surface area contributed by atoms with Crippen LogP contribution in [0.1, 0.15) is 0 Å². The molecule has 1 aliphatic heterocycles. The zero-order valence-electron chi connectivity index (χ0n) is 5.17. The molecule has 0 fully saturated rings. The van der Waals surface area contributed by atoms with Crippen LogP contribution in [0.4, 0.5) is 4.39 Å². The van der Waals surface area contributed by atoms with Gasteiger partial charge in [0.15, 0.2) is 0 Å². The highest BCUT2D eigenvalue weighted by atomic mass is 19.1. The normalized spacial score (nSPS) is 10.5. The van der Waals surface area contributed by atoms with Gasteiger partial charge < -0.3 is 4.42 Å². The van der Waals surface area contributed by atoms with Crippen LogP contribution in [0, 0.1) is 5.82 Å². The third kappa shape index (κ3) is 0.692. The van der Waals surface area contributed by atoms with Gasteiger partial charge in [-0.2, -0.15) is 0 Å². The van der Waals surface area contributed by atoms with Gasteiger partial charge in [-0.3, -0.25) is 0 Å². The largest absolute Gasteiger partial charge is 0.472 e. The van der Waals surface area contributed by atoms with Crippen molar-refractivity contribution in [2.45, 2.75) is 0 Å². The van der Waals surface area contributed by atoms with Crippen LogP contribution in [0.3, 0.4) is 0 Å². The predicted molar refractivity (Wildman–Crippen MR) is 35.3 cm³/mol. The van der Waals surface area contributed by atoms with Crippen molar-refractivity contribution in [3.63, 3.8) is 0 Å². The lowest BCUT2D eigenvalue weighted by atomic mass is 10.2. The molecule has 0 saturated heterocycles. The van der Waals surface area contributed by atoms with E-state index in [1.165, 1.54) is 24.7 Å². The van der Waals surface area contributed by atoms with E-state index < -0.39 is 0 Å². The van der Waals surface area contributed by atoms with Crippen molar-refractivity contribution >= 4 is 0 Å². The van der Waals surface area contributed by atoms with Crippen LogP contribution in [0.5, 0.6) is 0 Å². The molecule has 10 heavy (non-hydrogen) atoms. The zero-order valence-corrected chi connectivity index (χ0v) is 5.17. The number of rotatable bonds is 0. The van der Waals surface area contributed by atoms with E-state index in [4.69, 9.17) is 4.42 Å². The topological polar surface area (TPSA) is 13.1 Å². The summed E-state index contributed by atoms with van der Waals surface area (Å²) < 4.78 is 17.3. The van der Waals surface area contributed by atoms with Gasteiger partial charge in [-0.1, -0.05) is 0 Å². The van der Waals surface area contributed by atoms with E-state index in [0.29, 0.717) is 0 Å². The number of halogens is 1. The Morgan fingerprint density at radius 2 is 2.00 bits per heavy atom. The Kier molecular flexibility index (Phi) is 1.01. The molecule has 0 unspecified atom stereocenters. The molecule has 50 valence electrons. The molecule has 2 rings (SSSR count). The minimum Gasteiger partial charge on any atom is -0.472 e. The van der Waals surface area contributed by atoms with E-state index in [9.17, 15) is 4.39 Å². The van der Waals surface area contributed by atoms with Crippen molar-refractivity contribution < 1.29 is 8.81 Å². The first-order valence-corrected chi connectivity index (χ1v) is 2.98. The fourth-order valence-corrected chi connectivity index (χ4v) is 0.977. The molecule has 2 aliphatic rings. The van der Waals surface area contributed by atoms with Crippen LogP contribution in [-0.2, 0) is 0 Å². The lowest BCUT2D eigenvalue weighted by molar-refractivity contribution is 0.552. The highest BCUT2D eigenvalue weighted by Crippen LogP contribution is 2.23. The maximum atomic E-state index is 12.5. The molecule has 0 atom stereocenters. The Bertz CT molecular complexity index is 283. The summed E-state index contributed by atoms with van der Waals surface area (Å²) in [7, 11) is 0. The van der Waals surface area contributed by atoms with E-state index in [-0.39, 0.29) is 5.82 Å². The minimum atomic E-state index is -0.212. The molecule has 0 spiro atoms. The Morgan fingerprint density at radius 1 is 1.20 bits per heavy atom. The van der Waals surface area contributed by atoms with Crippen LogP contribution < -0.4 is 0 Å². The quantitative estimate of drug-likeness (QED) is 0.542. The third-order valence-corrected chi connectivity index (χ3v) is 1.44. The molecule has 1 heterocycles. The smallest absolute Gasteiger partial charge is 0.124 e. The number of hydrogen-bond donors (Lipinski definition) is 0. The summed E-state index contributed by atoms with van der Waals surface area (Å²) in [5.74, 6) is -0.212. The molecule has 0 aromatic rings. The molecular weight excluding hydrogens is 131 g/mol. The first kappa shape index (κ1) is 5.47. The first-order valence-electron chi connectivity index (χ1n) is 2.98. The Morgan fingerprint density at radius 3 is 2.80 bits per heavy atom. The van der Waals surface area contributed by atoms with Crippen molar-refractivity contribution in [2.75, 3.05) is 0 Å². The molecule has 0 saturated carbocycles. The fourth-order valence-electron chi connectivity index (χ4n) is 0.977. The van der Waals surface area contributed by atoms with Crippen molar-refractivity contribution in [2.24, 2.45) is 0 Å². The molecule has 0 N–H and O–H groups in total. The average Bonchev–Trinajstić information content (AvgIpc) is 2.27. The second-order valence-corrected chi connectivity index (χ2v) is 2.14. The third-order valence-electron chi connectivity index (χ3n) is 1.44. The van der Waals surface area contributed by atoms with Gasteiger partial charge in [-0.05, 0) is 23.8 Å². The maximum Gasteiger partial charge on any atom is 0.124 e. The first-order chi connectivity index (χ1) is 4.86. The van der Waals surface area contributed by atoms with E-state index >= 15 is 0 Å². The Labute approximate surface area is 57.4 Å². The van der Waals surface area contributed by atoms with Crippen molar-refractivity contribution in [3.05, 3.63) is 36.5 Å². The van der Waals surface area contributed by atoms with Crippen molar-refractivity contribution in [1.82, 2.24) is 0 Å². The van der Waals surface area contributed by atoms with Gasteiger partial charge in [0.1, 0.15) is 5.82 Å². The molecule has 0 bridgehead atoms. The van der Waals surface area contributed by atoms with E-state index in [0.717, 1.165) is 11.1 Å². The van der Waals surface area contributed by atoms with E-state index in [2.05, 4.69) is 0 Å². The summed E-state index contributed by atoms with van der Waals surface area (Å²) in [6.07, 6.45) is 3.06. The van der Waals surface area contributed by atoms with Gasteiger partial charge in [0.2, 0.25) is 0 Å². The van der Waals surface area contributed by atoms with Gasteiger partial charge >= 0.3 is 0 Å². The van der Waals surface area contributed by atoms with E-state index in [1.54, 1.807) is 6.07 Å². The summed E-state index contributed by atoms with van der Waals surface area (Å²) in [6.45, 7) is 0. The maximum absolute atomic E-state index is 12.5. The van der Waals surface area contributed by atoms with Crippen molar-refractivity contribution in [1.29, 1.82) is 0 Å². The summed E-state index contributed by atoms with van der Waals surface area (Å²) in [4.78, 5) is 0. The average molecular weight is 136 g/mol. The summed E-state index contributed by atoms with van der Waals surface area (Å²) >= 11 is 0. The standard InChI is InChI=1S/C8H5FO/c9-8-3-6-1-2-10-5-7(6)4-8/h1-5H. The second-order valence-electron chi connectivity index (χ2n) is 2.14. The predicted octanol–water partition coefficient (Wildman–Crippen LogP) is 2.52. The molecule has 2 heteroatoms. The van der Waals surface area contributed by atoms with Gasteiger partial charge in [-0.25, -0.2) is 4.39 Å². The Balaban J connectivity index is 2.76. The molecule has 0 aromatic heterocycles. The Hall–Kier alpha value is -1.31. The summed E-state index contributed by atoms with van der Waals surface area (Å²) in [5, 5.41) is 0. The van der Waals surface area contributed by atoms with Crippen molar-refractivity contribution in [3.8, 4) is 11.1 Å². The van der Waals surface area contributed by atoms with Gasteiger partial charge in [0.05, 0.1) is 12.5 Å². The monoisotopic (exact) mass is 136 g/mol. The van der Waals surface area contributed by atoms with Crippen LogP contribution in [-0.4, -0.2) is 0 Å². The fraction of sp³-hybridized carbons (Fsp3) is 0. The summed E-state index contributed by atoms with van der Waals surface area (Å²) in [5.41, 5.74) is 1.68. The van der Waals surface area contributed by atoms with Gasteiger partial charge in [0, 0.05) is 5.56 Å². The van der Waals surface area contributed by atoms with Gasteiger partial charge in [0.25, 0.3) is 0 Å². The van der Waals surface area contributed by atoms with E-state index in [1.807, 2.05) is 0 Å².